The highest BCUT2D eigenvalue weighted by Crippen LogP contribution is 2.22. The first-order chi connectivity index (χ1) is 12.7. The standard InChI is InChI=1S/C17H18N6O3.ClH/c1-25-17(24)12-5-2-4-11(8-12)14-20-16(26-22-14)15-19-10-23(21-15)13-6-3-7-18-9-13;/h2,4-5,8,10,13,18H,3,6-7,9H2,1H3;1H. The van der Waals surface area contributed by atoms with Crippen LogP contribution in [0.25, 0.3) is 23.1 Å². The van der Waals surface area contributed by atoms with Crippen LogP contribution in [0.4, 0.5) is 0 Å². The van der Waals surface area contributed by atoms with E-state index in [4.69, 9.17) is 9.26 Å². The van der Waals surface area contributed by atoms with Crippen LogP contribution in [-0.4, -0.2) is 51.1 Å². The predicted octanol–water partition coefficient (Wildman–Crippen LogP) is 2.13. The number of ether oxygens (including phenoxy) is 1. The molecule has 0 radical (unpaired) electrons. The molecule has 1 unspecified atom stereocenters. The van der Waals surface area contributed by atoms with Gasteiger partial charge in [0.05, 0.1) is 18.7 Å². The Kier molecular flexibility index (Phi) is 5.82. The second kappa shape index (κ2) is 8.28. The molecule has 2 aromatic heterocycles. The maximum atomic E-state index is 11.7. The van der Waals surface area contributed by atoms with Crippen molar-refractivity contribution in [3.05, 3.63) is 36.2 Å². The predicted molar refractivity (Wildman–Crippen MR) is 98.5 cm³/mol. The number of carbonyl (C=O) groups excluding carboxylic acids is 1. The lowest BCUT2D eigenvalue weighted by Crippen LogP contribution is -2.31. The first-order valence-corrected chi connectivity index (χ1v) is 8.39. The minimum Gasteiger partial charge on any atom is -0.465 e. The van der Waals surface area contributed by atoms with E-state index in [0.29, 0.717) is 22.8 Å². The van der Waals surface area contributed by atoms with Crippen LogP contribution in [-0.2, 0) is 4.74 Å². The number of rotatable bonds is 4. The highest BCUT2D eigenvalue weighted by molar-refractivity contribution is 5.90. The number of nitrogens with one attached hydrogen (secondary N) is 1. The van der Waals surface area contributed by atoms with E-state index in [2.05, 4.69) is 25.5 Å². The zero-order valence-corrected chi connectivity index (χ0v) is 15.5. The molecule has 27 heavy (non-hydrogen) atoms. The topological polar surface area (TPSA) is 108 Å². The zero-order valence-electron chi connectivity index (χ0n) is 14.7. The number of halogens is 1. The molecule has 1 aliphatic heterocycles. The van der Waals surface area contributed by atoms with Gasteiger partial charge in [0.25, 0.3) is 5.89 Å². The van der Waals surface area contributed by atoms with E-state index in [0.717, 1.165) is 25.9 Å². The van der Waals surface area contributed by atoms with Gasteiger partial charge < -0.3 is 14.6 Å². The number of aromatic nitrogens is 5. The lowest BCUT2D eigenvalue weighted by atomic mass is 10.1. The summed E-state index contributed by atoms with van der Waals surface area (Å²) in [6, 6.07) is 7.13. The fourth-order valence-electron chi connectivity index (χ4n) is 2.94. The molecule has 10 heteroatoms. The van der Waals surface area contributed by atoms with Gasteiger partial charge in [-0.05, 0) is 31.5 Å². The average Bonchev–Trinajstić information content (AvgIpc) is 3.37. The third-order valence-electron chi connectivity index (χ3n) is 4.31. The van der Waals surface area contributed by atoms with Crippen LogP contribution < -0.4 is 5.32 Å². The Morgan fingerprint density at radius 2 is 2.26 bits per heavy atom. The van der Waals surface area contributed by atoms with Crippen LogP contribution in [0.5, 0.6) is 0 Å². The molecule has 0 aliphatic carbocycles. The number of benzene rings is 1. The summed E-state index contributed by atoms with van der Waals surface area (Å²) in [5.41, 5.74) is 1.07. The van der Waals surface area contributed by atoms with E-state index in [-0.39, 0.29) is 24.3 Å². The molecule has 0 saturated carbocycles. The summed E-state index contributed by atoms with van der Waals surface area (Å²) in [5, 5.41) is 11.8. The van der Waals surface area contributed by atoms with Gasteiger partial charge in [0.1, 0.15) is 6.33 Å². The summed E-state index contributed by atoms with van der Waals surface area (Å²) in [7, 11) is 1.34. The molecule has 1 saturated heterocycles. The molecule has 1 aromatic carbocycles. The number of piperidine rings is 1. The Bertz CT molecular complexity index is 919. The summed E-state index contributed by atoms with van der Waals surface area (Å²) in [6.45, 7) is 1.91. The molecule has 1 aliphatic rings. The van der Waals surface area contributed by atoms with Gasteiger partial charge in [-0.15, -0.1) is 17.5 Å². The van der Waals surface area contributed by atoms with Crippen molar-refractivity contribution in [3.63, 3.8) is 0 Å². The van der Waals surface area contributed by atoms with Gasteiger partial charge in [-0.25, -0.2) is 14.5 Å². The Labute approximate surface area is 161 Å². The van der Waals surface area contributed by atoms with Crippen molar-refractivity contribution < 1.29 is 14.1 Å². The highest BCUT2D eigenvalue weighted by Gasteiger charge is 2.20. The van der Waals surface area contributed by atoms with Crippen LogP contribution in [0.3, 0.4) is 0 Å². The monoisotopic (exact) mass is 390 g/mol. The Morgan fingerprint density at radius 1 is 1.37 bits per heavy atom. The first-order valence-electron chi connectivity index (χ1n) is 8.39. The molecule has 3 aromatic rings. The van der Waals surface area contributed by atoms with Crippen molar-refractivity contribution in [2.45, 2.75) is 18.9 Å². The van der Waals surface area contributed by atoms with Gasteiger partial charge in [0.15, 0.2) is 0 Å². The van der Waals surface area contributed by atoms with E-state index in [9.17, 15) is 4.79 Å². The second-order valence-electron chi connectivity index (χ2n) is 6.04. The molecule has 9 nitrogen and oxygen atoms in total. The summed E-state index contributed by atoms with van der Waals surface area (Å²) < 4.78 is 11.9. The van der Waals surface area contributed by atoms with Crippen LogP contribution in [0.2, 0.25) is 0 Å². The summed E-state index contributed by atoms with van der Waals surface area (Å²) >= 11 is 0. The minimum atomic E-state index is -0.419. The van der Waals surface area contributed by atoms with Crippen LogP contribution in [0.15, 0.2) is 35.1 Å². The van der Waals surface area contributed by atoms with E-state index >= 15 is 0 Å². The summed E-state index contributed by atoms with van der Waals surface area (Å²) in [6.07, 6.45) is 3.86. The maximum absolute atomic E-state index is 11.7. The number of hydrogen-bond donors (Lipinski definition) is 1. The molecular formula is C17H19ClN6O3. The third kappa shape index (κ3) is 3.99. The smallest absolute Gasteiger partial charge is 0.337 e. The van der Waals surface area contributed by atoms with Crippen LogP contribution in [0.1, 0.15) is 29.2 Å². The fraction of sp³-hybridized carbons (Fsp3) is 0.353. The van der Waals surface area contributed by atoms with E-state index in [1.54, 1.807) is 30.6 Å². The fourth-order valence-corrected chi connectivity index (χ4v) is 2.94. The van der Waals surface area contributed by atoms with Crippen molar-refractivity contribution in [1.29, 1.82) is 0 Å². The van der Waals surface area contributed by atoms with E-state index in [1.165, 1.54) is 7.11 Å². The van der Waals surface area contributed by atoms with Gasteiger partial charge in [0, 0.05) is 12.1 Å². The van der Waals surface area contributed by atoms with Gasteiger partial charge in [-0.2, -0.15) is 4.98 Å². The van der Waals surface area contributed by atoms with Gasteiger partial charge in [-0.3, -0.25) is 0 Å². The minimum absolute atomic E-state index is 0. The van der Waals surface area contributed by atoms with Crippen molar-refractivity contribution in [2.75, 3.05) is 20.2 Å². The molecule has 0 amide bonds. The number of esters is 1. The molecular weight excluding hydrogens is 372 g/mol. The number of nitrogens with zero attached hydrogens (tertiary/aromatic N) is 5. The van der Waals surface area contributed by atoms with Crippen LogP contribution in [0, 0.1) is 0 Å². The maximum Gasteiger partial charge on any atom is 0.337 e. The lowest BCUT2D eigenvalue weighted by Gasteiger charge is -2.22. The Morgan fingerprint density at radius 3 is 3.04 bits per heavy atom. The second-order valence-corrected chi connectivity index (χ2v) is 6.04. The molecule has 0 bridgehead atoms. The van der Waals surface area contributed by atoms with Crippen molar-refractivity contribution in [1.82, 2.24) is 30.2 Å². The van der Waals surface area contributed by atoms with E-state index in [1.807, 2.05) is 4.68 Å². The number of carbonyl (C=O) groups is 1. The Balaban J connectivity index is 0.00000210. The van der Waals surface area contributed by atoms with E-state index < -0.39 is 5.97 Å². The molecule has 4 rings (SSSR count). The molecule has 1 N–H and O–H groups in total. The summed E-state index contributed by atoms with van der Waals surface area (Å²) in [4.78, 5) is 20.3. The molecule has 142 valence electrons. The first kappa shape index (κ1) is 19.0. The van der Waals surface area contributed by atoms with Gasteiger partial charge in [0.2, 0.25) is 11.6 Å². The van der Waals surface area contributed by atoms with Crippen LogP contribution >= 0.6 is 12.4 Å². The van der Waals surface area contributed by atoms with Crippen molar-refractivity contribution in [3.8, 4) is 23.1 Å². The van der Waals surface area contributed by atoms with Gasteiger partial charge in [-0.1, -0.05) is 17.3 Å². The molecule has 1 fully saturated rings. The number of hydrogen-bond acceptors (Lipinski definition) is 8. The molecule has 0 spiro atoms. The largest absolute Gasteiger partial charge is 0.465 e. The SMILES string of the molecule is COC(=O)c1cccc(-c2noc(-c3ncn(C4CCCNC4)n3)n2)c1.Cl. The average molecular weight is 391 g/mol. The lowest BCUT2D eigenvalue weighted by molar-refractivity contribution is 0.0601. The highest BCUT2D eigenvalue weighted by atomic mass is 35.5. The normalized spacial score (nSPS) is 16.6. The molecule has 3 heterocycles. The van der Waals surface area contributed by atoms with Crippen molar-refractivity contribution in [2.24, 2.45) is 0 Å². The molecule has 1 atom stereocenters. The third-order valence-corrected chi connectivity index (χ3v) is 4.31. The quantitative estimate of drug-likeness (QED) is 0.675. The zero-order chi connectivity index (χ0) is 17.9. The van der Waals surface area contributed by atoms with Crippen molar-refractivity contribution >= 4 is 18.4 Å². The number of methoxy groups -OCH3 is 1. The summed E-state index contributed by atoms with van der Waals surface area (Å²) in [5.74, 6) is 0.572. The van der Waals surface area contributed by atoms with Gasteiger partial charge >= 0.3 is 5.97 Å². The Hall–Kier alpha value is -2.78.